The highest BCUT2D eigenvalue weighted by Gasteiger charge is 2.22. The zero-order valence-electron chi connectivity index (χ0n) is 12.9. The highest BCUT2D eigenvalue weighted by molar-refractivity contribution is 5.14. The van der Waals surface area contributed by atoms with Gasteiger partial charge in [0.1, 0.15) is 17.8 Å². The number of hydrogen-bond donors (Lipinski definition) is 1. The third-order valence-electron chi connectivity index (χ3n) is 3.33. The average molecular weight is 301 g/mol. The van der Waals surface area contributed by atoms with E-state index in [1.807, 2.05) is 25.3 Å². The minimum Gasteiger partial charge on any atom is -0.466 e. The van der Waals surface area contributed by atoms with Gasteiger partial charge in [0.05, 0.1) is 18.5 Å². The van der Waals surface area contributed by atoms with E-state index < -0.39 is 6.10 Å². The summed E-state index contributed by atoms with van der Waals surface area (Å²) >= 11 is 0. The third-order valence-corrected chi connectivity index (χ3v) is 3.33. The minimum atomic E-state index is -0.904. The van der Waals surface area contributed by atoms with E-state index in [0.717, 1.165) is 5.69 Å². The molecule has 0 bridgehead atoms. The second-order valence-corrected chi connectivity index (χ2v) is 6.23. The smallest absolute Gasteiger partial charge is 0.199 e. The Bertz CT molecular complexity index is 735. The Morgan fingerprint density at radius 1 is 1.32 bits per heavy atom. The lowest BCUT2D eigenvalue weighted by Crippen LogP contribution is -2.13. The van der Waals surface area contributed by atoms with Gasteiger partial charge in [0.2, 0.25) is 0 Å². The molecule has 0 unspecified atom stereocenters. The number of oxazole rings is 1. The van der Waals surface area contributed by atoms with Crippen molar-refractivity contribution in [3.05, 3.63) is 60.2 Å². The zero-order valence-corrected chi connectivity index (χ0v) is 12.9. The van der Waals surface area contributed by atoms with Crippen molar-refractivity contribution in [1.29, 1.82) is 0 Å². The molecule has 0 aliphatic heterocycles. The van der Waals surface area contributed by atoms with E-state index in [2.05, 4.69) is 9.97 Å². The first-order valence-corrected chi connectivity index (χ1v) is 7.12. The Hall–Kier alpha value is -2.34. The Morgan fingerprint density at radius 3 is 2.77 bits per heavy atom. The summed E-state index contributed by atoms with van der Waals surface area (Å²) in [7, 11) is 0. The summed E-state index contributed by atoms with van der Waals surface area (Å²) < 4.78 is 12.6. The van der Waals surface area contributed by atoms with E-state index in [-0.39, 0.29) is 5.41 Å². The Morgan fingerprint density at radius 2 is 2.14 bits per heavy atom. The van der Waals surface area contributed by atoms with E-state index in [1.54, 1.807) is 30.8 Å². The molecule has 3 heterocycles. The number of aromatic nitrogens is 3. The number of aliphatic hydroxyl groups excluding tert-OH is 1. The Kier molecular flexibility index (Phi) is 3.62. The van der Waals surface area contributed by atoms with Gasteiger partial charge >= 0.3 is 0 Å². The lowest BCUT2D eigenvalue weighted by molar-refractivity contribution is 0.176. The average Bonchev–Trinajstić information content (AvgIpc) is 3.19. The predicted octanol–water partition coefficient (Wildman–Crippen LogP) is 2.89. The fourth-order valence-electron chi connectivity index (χ4n) is 2.17. The topological polar surface area (TPSA) is 77.2 Å². The van der Waals surface area contributed by atoms with Crippen LogP contribution in [0.3, 0.4) is 0 Å². The summed E-state index contributed by atoms with van der Waals surface area (Å²) in [5, 5.41) is 10.3. The molecule has 3 aromatic heterocycles. The lowest BCUT2D eigenvalue weighted by atomic mass is 9.97. The van der Waals surface area contributed by atoms with Gasteiger partial charge < -0.3 is 18.5 Å². The van der Waals surface area contributed by atoms with Crippen LogP contribution in [0.4, 0.5) is 0 Å². The van der Waals surface area contributed by atoms with Crippen LogP contribution >= 0.6 is 0 Å². The molecule has 0 radical (unpaired) electrons. The number of hydrogen-bond acceptors (Lipinski definition) is 5. The van der Waals surface area contributed by atoms with Crippen LogP contribution in [0.5, 0.6) is 0 Å². The second kappa shape index (κ2) is 5.46. The van der Waals surface area contributed by atoms with Gasteiger partial charge in [-0.1, -0.05) is 20.8 Å². The standard InChI is InChI=1S/C16H19N3O3/c1-16(2,3)15-18-11(10-22-15)9-19-7-6-17-14(19)13(20)12-5-4-8-21-12/h4-8,10,13,20H,9H2,1-3H3/t13-/m0/s1. The molecule has 0 spiro atoms. The van der Waals surface area contributed by atoms with Crippen molar-refractivity contribution in [2.45, 2.75) is 38.8 Å². The van der Waals surface area contributed by atoms with Crippen LogP contribution in [0.15, 0.2) is 45.9 Å². The molecule has 1 N–H and O–H groups in total. The summed E-state index contributed by atoms with van der Waals surface area (Å²) in [4.78, 5) is 8.72. The molecule has 0 aliphatic carbocycles. The molecule has 22 heavy (non-hydrogen) atoms. The van der Waals surface area contributed by atoms with Gasteiger partial charge in [-0.05, 0) is 12.1 Å². The summed E-state index contributed by atoms with van der Waals surface area (Å²) in [6.07, 6.45) is 5.71. The maximum atomic E-state index is 10.3. The van der Waals surface area contributed by atoms with Crippen LogP contribution < -0.4 is 0 Å². The summed E-state index contributed by atoms with van der Waals surface area (Å²) in [6.45, 7) is 6.62. The van der Waals surface area contributed by atoms with Crippen LogP contribution in [-0.2, 0) is 12.0 Å². The third kappa shape index (κ3) is 2.82. The quantitative estimate of drug-likeness (QED) is 0.801. The van der Waals surface area contributed by atoms with Crippen LogP contribution in [0.2, 0.25) is 0 Å². The summed E-state index contributed by atoms with van der Waals surface area (Å²) in [5.74, 6) is 1.66. The van der Waals surface area contributed by atoms with Gasteiger partial charge in [0.25, 0.3) is 0 Å². The molecular formula is C16H19N3O3. The minimum absolute atomic E-state index is 0.135. The highest BCUT2D eigenvalue weighted by atomic mass is 16.4. The van der Waals surface area contributed by atoms with E-state index in [4.69, 9.17) is 8.83 Å². The van der Waals surface area contributed by atoms with Crippen LogP contribution in [0, 0.1) is 0 Å². The van der Waals surface area contributed by atoms with Gasteiger partial charge in [0, 0.05) is 17.8 Å². The molecule has 6 heteroatoms. The number of nitrogens with zero attached hydrogens (tertiary/aromatic N) is 3. The maximum absolute atomic E-state index is 10.3. The van der Waals surface area contributed by atoms with Gasteiger partial charge in [-0.25, -0.2) is 9.97 Å². The molecule has 0 aliphatic rings. The Balaban J connectivity index is 1.82. The number of imidazole rings is 1. The number of rotatable bonds is 4. The van der Waals surface area contributed by atoms with Crippen molar-refractivity contribution in [2.24, 2.45) is 0 Å². The molecule has 3 rings (SSSR count). The van der Waals surface area contributed by atoms with E-state index in [9.17, 15) is 5.11 Å². The molecule has 6 nitrogen and oxygen atoms in total. The van der Waals surface area contributed by atoms with Gasteiger partial charge in [-0.3, -0.25) is 0 Å². The number of furan rings is 1. The first kappa shape index (κ1) is 14.6. The summed E-state index contributed by atoms with van der Waals surface area (Å²) in [5.41, 5.74) is 0.653. The van der Waals surface area contributed by atoms with Crippen molar-refractivity contribution >= 4 is 0 Å². The van der Waals surface area contributed by atoms with Crippen LogP contribution in [0.1, 0.15) is 50.0 Å². The SMILES string of the molecule is CC(C)(C)c1nc(Cn2ccnc2[C@@H](O)c2ccco2)co1. The fourth-order valence-corrected chi connectivity index (χ4v) is 2.17. The van der Waals surface area contributed by atoms with Gasteiger partial charge in [0.15, 0.2) is 12.0 Å². The first-order chi connectivity index (χ1) is 10.4. The Labute approximate surface area is 128 Å². The zero-order chi connectivity index (χ0) is 15.7. The molecular weight excluding hydrogens is 282 g/mol. The van der Waals surface area contributed by atoms with Crippen molar-refractivity contribution in [1.82, 2.24) is 14.5 Å². The van der Waals surface area contributed by atoms with Gasteiger partial charge in [-0.15, -0.1) is 0 Å². The van der Waals surface area contributed by atoms with Gasteiger partial charge in [-0.2, -0.15) is 0 Å². The molecule has 1 atom stereocenters. The van der Waals surface area contributed by atoms with Crippen molar-refractivity contribution in [2.75, 3.05) is 0 Å². The first-order valence-electron chi connectivity index (χ1n) is 7.12. The van der Waals surface area contributed by atoms with E-state index in [0.29, 0.717) is 24.0 Å². The molecule has 0 amide bonds. The van der Waals surface area contributed by atoms with Crippen molar-refractivity contribution in [3.8, 4) is 0 Å². The number of aliphatic hydroxyl groups is 1. The molecule has 0 fully saturated rings. The normalized spacial score (nSPS) is 13.5. The van der Waals surface area contributed by atoms with E-state index >= 15 is 0 Å². The largest absolute Gasteiger partial charge is 0.466 e. The van der Waals surface area contributed by atoms with E-state index in [1.165, 1.54) is 6.26 Å². The van der Waals surface area contributed by atoms with Crippen LogP contribution in [-0.4, -0.2) is 19.6 Å². The molecule has 0 saturated heterocycles. The second-order valence-electron chi connectivity index (χ2n) is 6.23. The molecule has 116 valence electrons. The van der Waals surface area contributed by atoms with Crippen LogP contribution in [0.25, 0.3) is 0 Å². The fraction of sp³-hybridized carbons (Fsp3) is 0.375. The van der Waals surface area contributed by atoms with Crippen molar-refractivity contribution < 1.29 is 13.9 Å². The molecule has 3 aromatic rings. The summed E-state index contributed by atoms with van der Waals surface area (Å²) in [6, 6.07) is 3.45. The molecule has 0 aromatic carbocycles. The predicted molar refractivity (Wildman–Crippen MR) is 79.3 cm³/mol. The molecule has 0 saturated carbocycles. The highest BCUT2D eigenvalue weighted by Crippen LogP contribution is 2.23. The monoisotopic (exact) mass is 301 g/mol. The maximum Gasteiger partial charge on any atom is 0.199 e. The lowest BCUT2D eigenvalue weighted by Gasteiger charge is -2.12. The van der Waals surface area contributed by atoms with Crippen molar-refractivity contribution in [3.63, 3.8) is 0 Å².